The fraction of sp³-hybridized carbons (Fsp3) is 0.455. The highest BCUT2D eigenvalue weighted by molar-refractivity contribution is 6.30. The van der Waals surface area contributed by atoms with Crippen LogP contribution in [0.25, 0.3) is 0 Å². The molecule has 1 fully saturated rings. The Morgan fingerprint density at radius 2 is 2.27 bits per heavy atom. The summed E-state index contributed by atoms with van der Waals surface area (Å²) in [7, 11) is 0. The number of nitrogens with one attached hydrogen (secondary N) is 1. The van der Waals surface area contributed by atoms with Gasteiger partial charge in [0, 0.05) is 36.6 Å². The molecule has 1 aromatic carbocycles. The van der Waals surface area contributed by atoms with Gasteiger partial charge in [0.25, 0.3) is 0 Å². The molecule has 2 rings (SSSR count). The van der Waals surface area contributed by atoms with Crippen LogP contribution < -0.4 is 5.32 Å². The van der Waals surface area contributed by atoms with Crippen LogP contribution in [0.3, 0.4) is 0 Å². The first-order valence-corrected chi connectivity index (χ1v) is 5.36. The monoisotopic (exact) mass is 229 g/mol. The van der Waals surface area contributed by atoms with Crippen molar-refractivity contribution in [3.63, 3.8) is 0 Å². The van der Waals surface area contributed by atoms with E-state index in [9.17, 15) is 4.39 Å². The van der Waals surface area contributed by atoms with Crippen LogP contribution in [-0.4, -0.2) is 24.8 Å². The van der Waals surface area contributed by atoms with Crippen LogP contribution in [0.1, 0.15) is 11.5 Å². The van der Waals surface area contributed by atoms with Crippen molar-refractivity contribution >= 4 is 11.6 Å². The second-order valence-corrected chi connectivity index (χ2v) is 4.31. The van der Waals surface area contributed by atoms with Gasteiger partial charge < -0.3 is 10.4 Å². The third-order valence-electron chi connectivity index (χ3n) is 2.94. The molecule has 1 saturated heterocycles. The number of benzene rings is 1. The molecule has 0 aliphatic carbocycles. The molecule has 2 atom stereocenters. The van der Waals surface area contributed by atoms with Crippen molar-refractivity contribution in [1.29, 1.82) is 0 Å². The lowest BCUT2D eigenvalue weighted by Gasteiger charge is -2.17. The number of aliphatic hydroxyl groups excluding tert-OH is 1. The molecular weight excluding hydrogens is 217 g/mol. The Balaban J connectivity index is 2.28. The predicted octanol–water partition coefficient (Wildman–Crippen LogP) is 1.77. The maximum atomic E-state index is 13.6. The highest BCUT2D eigenvalue weighted by Crippen LogP contribution is 2.30. The van der Waals surface area contributed by atoms with Gasteiger partial charge in [-0.2, -0.15) is 0 Å². The average Bonchev–Trinajstić information content (AvgIpc) is 2.65. The minimum atomic E-state index is -0.283. The normalized spacial score (nSPS) is 25.8. The van der Waals surface area contributed by atoms with E-state index in [1.165, 1.54) is 6.07 Å². The van der Waals surface area contributed by atoms with Crippen molar-refractivity contribution in [1.82, 2.24) is 5.32 Å². The van der Waals surface area contributed by atoms with Gasteiger partial charge in [-0.3, -0.25) is 0 Å². The number of hydrogen-bond donors (Lipinski definition) is 2. The molecule has 0 unspecified atom stereocenters. The van der Waals surface area contributed by atoms with E-state index in [2.05, 4.69) is 5.32 Å². The second-order valence-electron chi connectivity index (χ2n) is 3.87. The minimum Gasteiger partial charge on any atom is -0.396 e. The summed E-state index contributed by atoms with van der Waals surface area (Å²) >= 11 is 5.69. The molecule has 4 heteroatoms. The van der Waals surface area contributed by atoms with Crippen molar-refractivity contribution < 1.29 is 9.50 Å². The number of halogens is 2. The van der Waals surface area contributed by atoms with Crippen LogP contribution in [0.5, 0.6) is 0 Å². The Bertz CT molecular complexity index is 358. The zero-order valence-electron chi connectivity index (χ0n) is 8.21. The molecule has 1 heterocycles. The molecule has 2 nitrogen and oxygen atoms in total. The predicted molar refractivity (Wildman–Crippen MR) is 57.6 cm³/mol. The summed E-state index contributed by atoms with van der Waals surface area (Å²) in [5, 5.41) is 12.7. The van der Waals surface area contributed by atoms with Crippen LogP contribution in [-0.2, 0) is 0 Å². The SMILES string of the molecule is OC[C@H]1CNC[C@H]1c1ccc(Cl)cc1F. The Kier molecular flexibility index (Phi) is 3.24. The first-order valence-electron chi connectivity index (χ1n) is 4.99. The molecular formula is C11H13ClFNO. The summed E-state index contributed by atoms with van der Waals surface area (Å²) in [4.78, 5) is 0. The fourth-order valence-corrected chi connectivity index (χ4v) is 2.25. The molecule has 1 aromatic rings. The molecule has 2 N–H and O–H groups in total. The Morgan fingerprint density at radius 1 is 1.47 bits per heavy atom. The molecule has 0 spiro atoms. The van der Waals surface area contributed by atoms with Crippen molar-refractivity contribution in [2.75, 3.05) is 19.7 Å². The Morgan fingerprint density at radius 3 is 2.93 bits per heavy atom. The third-order valence-corrected chi connectivity index (χ3v) is 3.17. The van der Waals surface area contributed by atoms with Gasteiger partial charge in [0.15, 0.2) is 0 Å². The summed E-state index contributed by atoms with van der Waals surface area (Å²) < 4.78 is 13.6. The third kappa shape index (κ3) is 2.14. The van der Waals surface area contributed by atoms with Crippen molar-refractivity contribution in [3.05, 3.63) is 34.6 Å². The highest BCUT2D eigenvalue weighted by atomic mass is 35.5. The summed E-state index contributed by atoms with van der Waals surface area (Å²) in [6.45, 7) is 1.53. The van der Waals surface area contributed by atoms with E-state index < -0.39 is 0 Å². The van der Waals surface area contributed by atoms with E-state index in [1.807, 2.05) is 0 Å². The molecule has 0 aromatic heterocycles. The van der Waals surface area contributed by atoms with Crippen LogP contribution in [0, 0.1) is 11.7 Å². The van der Waals surface area contributed by atoms with Crippen molar-refractivity contribution in [2.24, 2.45) is 5.92 Å². The number of aliphatic hydroxyl groups is 1. The van der Waals surface area contributed by atoms with Gasteiger partial charge >= 0.3 is 0 Å². The zero-order valence-corrected chi connectivity index (χ0v) is 8.97. The van der Waals surface area contributed by atoms with E-state index in [1.54, 1.807) is 12.1 Å². The molecule has 0 bridgehead atoms. The van der Waals surface area contributed by atoms with E-state index in [0.29, 0.717) is 17.1 Å². The smallest absolute Gasteiger partial charge is 0.128 e. The lowest BCUT2D eigenvalue weighted by molar-refractivity contribution is 0.225. The minimum absolute atomic E-state index is 0.0484. The number of hydrogen-bond acceptors (Lipinski definition) is 2. The Labute approximate surface area is 93.1 Å². The fourth-order valence-electron chi connectivity index (χ4n) is 2.09. The maximum absolute atomic E-state index is 13.6. The molecule has 1 aliphatic heterocycles. The standard InChI is InChI=1S/C11H13ClFNO/c12-8-1-2-9(11(13)3-8)10-5-14-4-7(10)6-15/h1-3,7,10,14-15H,4-6H2/t7-,10-/m1/s1. The van der Waals surface area contributed by atoms with E-state index >= 15 is 0 Å². The molecule has 0 saturated carbocycles. The molecule has 0 amide bonds. The summed E-state index contributed by atoms with van der Waals surface area (Å²) in [6, 6.07) is 4.72. The van der Waals surface area contributed by atoms with E-state index in [4.69, 9.17) is 16.7 Å². The number of rotatable bonds is 2. The largest absolute Gasteiger partial charge is 0.396 e. The topological polar surface area (TPSA) is 32.3 Å². The Hall–Kier alpha value is -0.640. The molecule has 1 aliphatic rings. The summed E-state index contributed by atoms with van der Waals surface area (Å²) in [5.74, 6) is -0.136. The average molecular weight is 230 g/mol. The van der Waals surface area contributed by atoms with Crippen molar-refractivity contribution in [2.45, 2.75) is 5.92 Å². The van der Waals surface area contributed by atoms with Gasteiger partial charge in [0.05, 0.1) is 0 Å². The van der Waals surface area contributed by atoms with E-state index in [-0.39, 0.29) is 24.3 Å². The van der Waals surface area contributed by atoms with Gasteiger partial charge in [-0.15, -0.1) is 0 Å². The van der Waals surface area contributed by atoms with Gasteiger partial charge in [-0.25, -0.2) is 4.39 Å². The van der Waals surface area contributed by atoms with Crippen molar-refractivity contribution in [3.8, 4) is 0 Å². The second kappa shape index (κ2) is 4.47. The maximum Gasteiger partial charge on any atom is 0.128 e. The first kappa shape index (κ1) is 10.9. The van der Waals surface area contributed by atoms with Gasteiger partial charge in [0.2, 0.25) is 0 Å². The van der Waals surface area contributed by atoms with Gasteiger partial charge in [-0.1, -0.05) is 17.7 Å². The van der Waals surface area contributed by atoms with Crippen LogP contribution in [0.15, 0.2) is 18.2 Å². The van der Waals surface area contributed by atoms with Gasteiger partial charge in [-0.05, 0) is 17.7 Å². The summed E-state index contributed by atoms with van der Waals surface area (Å²) in [5.41, 5.74) is 0.642. The first-order chi connectivity index (χ1) is 7.22. The molecule has 15 heavy (non-hydrogen) atoms. The lowest BCUT2D eigenvalue weighted by atomic mass is 9.89. The van der Waals surface area contributed by atoms with Crippen LogP contribution in [0.4, 0.5) is 4.39 Å². The zero-order chi connectivity index (χ0) is 10.8. The van der Waals surface area contributed by atoms with Crippen LogP contribution in [0.2, 0.25) is 5.02 Å². The van der Waals surface area contributed by atoms with Crippen LogP contribution >= 0.6 is 11.6 Å². The lowest BCUT2D eigenvalue weighted by Crippen LogP contribution is -2.15. The molecule has 82 valence electrons. The molecule has 0 radical (unpaired) electrons. The highest BCUT2D eigenvalue weighted by Gasteiger charge is 2.29. The summed E-state index contributed by atoms with van der Waals surface area (Å²) in [6.07, 6.45) is 0. The van der Waals surface area contributed by atoms with Gasteiger partial charge in [0.1, 0.15) is 5.82 Å². The quantitative estimate of drug-likeness (QED) is 0.810. The van der Waals surface area contributed by atoms with E-state index in [0.717, 1.165) is 6.54 Å².